The van der Waals surface area contributed by atoms with Crippen molar-refractivity contribution >= 4 is 22.8 Å². The van der Waals surface area contributed by atoms with Gasteiger partial charge in [-0.2, -0.15) is 18.2 Å². The van der Waals surface area contributed by atoms with E-state index in [1.807, 2.05) is 0 Å². The van der Waals surface area contributed by atoms with Crippen LogP contribution >= 0.6 is 0 Å². The molecule has 3 N–H and O–H groups in total. The van der Waals surface area contributed by atoms with Crippen molar-refractivity contribution in [2.45, 2.75) is 18.6 Å². The zero-order valence-electron chi connectivity index (χ0n) is 13.0. The Labute approximate surface area is 139 Å². The van der Waals surface area contributed by atoms with Crippen LogP contribution < -0.4 is 10.5 Å². The predicted molar refractivity (Wildman–Crippen MR) is 79.7 cm³/mol. The molecule has 2 heterocycles. The van der Waals surface area contributed by atoms with E-state index in [4.69, 9.17) is 10.5 Å². The van der Waals surface area contributed by atoms with Crippen molar-refractivity contribution in [1.29, 1.82) is 0 Å². The van der Waals surface area contributed by atoms with Gasteiger partial charge in [0.2, 0.25) is 0 Å². The van der Waals surface area contributed by atoms with Gasteiger partial charge in [0.1, 0.15) is 11.4 Å². The minimum Gasteiger partial charge on any atom is -0.497 e. The molecule has 0 spiro atoms. The van der Waals surface area contributed by atoms with Gasteiger partial charge in [0.05, 0.1) is 13.2 Å². The first kappa shape index (κ1) is 17.1. The lowest BCUT2D eigenvalue weighted by Gasteiger charge is -2.32. The number of H-pyrrole nitrogens is 1. The number of aromatic amines is 1. The number of nitrogens with one attached hydrogen (secondary N) is 1. The van der Waals surface area contributed by atoms with Crippen molar-refractivity contribution < 1.29 is 32.3 Å². The molecule has 0 saturated heterocycles. The number of fused-ring (bicyclic) bond motifs is 3. The van der Waals surface area contributed by atoms with E-state index in [9.17, 15) is 22.8 Å². The molecule has 134 valence electrons. The van der Waals surface area contributed by atoms with Crippen molar-refractivity contribution in [2.75, 3.05) is 13.7 Å². The number of hydrogen-bond donors (Lipinski definition) is 2. The highest BCUT2D eigenvalue weighted by atomic mass is 19.4. The van der Waals surface area contributed by atoms with E-state index in [-0.39, 0.29) is 18.7 Å². The molecule has 1 aliphatic heterocycles. The van der Waals surface area contributed by atoms with E-state index in [0.29, 0.717) is 27.3 Å². The molecule has 7 nitrogen and oxygen atoms in total. The monoisotopic (exact) mass is 357 g/mol. The highest BCUT2D eigenvalue weighted by Crippen LogP contribution is 2.33. The maximum atomic E-state index is 12.5. The number of nitrogens with zero attached hydrogens (tertiary/aromatic N) is 1. The third kappa shape index (κ3) is 2.88. The van der Waals surface area contributed by atoms with Crippen LogP contribution in [0, 0.1) is 0 Å². The Morgan fingerprint density at radius 3 is 2.76 bits per heavy atom. The first-order valence-corrected chi connectivity index (χ1v) is 7.27. The molecular weight excluding hydrogens is 343 g/mol. The summed E-state index contributed by atoms with van der Waals surface area (Å²) in [6, 6.07) is 4.17. The number of aromatic nitrogens is 1. The Morgan fingerprint density at radius 2 is 2.16 bits per heavy atom. The lowest BCUT2D eigenvalue weighted by atomic mass is 9.97. The molecule has 0 fully saturated rings. The molecule has 10 heteroatoms. The zero-order valence-corrected chi connectivity index (χ0v) is 13.0. The van der Waals surface area contributed by atoms with Gasteiger partial charge < -0.3 is 20.3 Å². The fourth-order valence-corrected chi connectivity index (χ4v) is 2.78. The van der Waals surface area contributed by atoms with Gasteiger partial charge in [0.15, 0.2) is 0 Å². The summed E-state index contributed by atoms with van der Waals surface area (Å²) >= 11 is 0. The summed E-state index contributed by atoms with van der Waals surface area (Å²) in [4.78, 5) is 30.7. The summed E-state index contributed by atoms with van der Waals surface area (Å²) in [6.07, 6.45) is -5.08. The third-order valence-electron chi connectivity index (χ3n) is 3.98. The molecule has 1 aliphatic rings. The summed E-state index contributed by atoms with van der Waals surface area (Å²) < 4.78 is 42.5. The van der Waals surface area contributed by atoms with Gasteiger partial charge in [-0.1, -0.05) is 0 Å². The first-order valence-electron chi connectivity index (χ1n) is 7.27. The molecule has 0 aliphatic carbocycles. The highest BCUT2D eigenvalue weighted by molar-refractivity contribution is 6.02. The molecule has 1 amide bonds. The normalized spacial score (nSPS) is 17.6. The number of carbonyl (C=O) groups is 2. The maximum absolute atomic E-state index is 12.5. The van der Waals surface area contributed by atoms with Crippen LogP contribution in [0.3, 0.4) is 0 Å². The van der Waals surface area contributed by atoms with E-state index in [1.165, 1.54) is 7.11 Å². The topological polar surface area (TPSA) is 97.7 Å². The summed E-state index contributed by atoms with van der Waals surface area (Å²) in [5.41, 5.74) is 6.83. The van der Waals surface area contributed by atoms with Crippen molar-refractivity contribution in [2.24, 2.45) is 5.73 Å². The van der Waals surface area contributed by atoms with E-state index in [0.717, 1.165) is 0 Å². The second kappa shape index (κ2) is 5.96. The number of amides is 1. The number of methoxy groups -OCH3 is 1. The standard InChI is InChI=1S/C15H14F3N3O4/c1-24-8-2-3-11-9(5-8)10-4-7(6-19)21(13(22)12(10)20-11)25-14(23)15(16,17)18/h2-3,5,7,20H,4,6,19H2,1H3. The minimum atomic E-state index is -5.21. The SMILES string of the molecule is COc1ccc2[nH]c3c(c2c1)CC(CN)N(OC(=O)C(F)(F)F)C3=O. The summed E-state index contributed by atoms with van der Waals surface area (Å²) in [5, 5.41) is 1.09. The summed E-state index contributed by atoms with van der Waals surface area (Å²) in [7, 11) is 1.49. The van der Waals surface area contributed by atoms with Gasteiger partial charge >= 0.3 is 18.1 Å². The Kier molecular flexibility index (Phi) is 4.07. The number of halogens is 3. The second-order valence-electron chi connectivity index (χ2n) is 5.49. The van der Waals surface area contributed by atoms with Crippen LogP contribution in [-0.4, -0.2) is 47.8 Å². The average molecular weight is 357 g/mol. The van der Waals surface area contributed by atoms with E-state index in [1.54, 1.807) is 18.2 Å². The molecule has 3 rings (SSSR count). The highest BCUT2D eigenvalue weighted by Gasteiger charge is 2.46. The van der Waals surface area contributed by atoms with Crippen LogP contribution in [0.1, 0.15) is 16.1 Å². The third-order valence-corrected chi connectivity index (χ3v) is 3.98. The summed E-state index contributed by atoms with van der Waals surface area (Å²) in [5.74, 6) is -2.79. The molecule has 1 unspecified atom stereocenters. The lowest BCUT2D eigenvalue weighted by Crippen LogP contribution is -2.51. The lowest BCUT2D eigenvalue weighted by molar-refractivity contribution is -0.234. The predicted octanol–water partition coefficient (Wildman–Crippen LogP) is 1.52. The Balaban J connectivity index is 2.02. The van der Waals surface area contributed by atoms with Gasteiger partial charge in [-0.05, 0) is 23.8 Å². The number of hydroxylamine groups is 2. The quantitative estimate of drug-likeness (QED) is 0.868. The number of rotatable bonds is 3. The van der Waals surface area contributed by atoms with E-state index in [2.05, 4.69) is 9.82 Å². The molecule has 1 aromatic heterocycles. The average Bonchev–Trinajstić information content (AvgIpc) is 2.94. The number of alkyl halides is 3. The minimum absolute atomic E-state index is 0.0583. The fourth-order valence-electron chi connectivity index (χ4n) is 2.78. The van der Waals surface area contributed by atoms with E-state index >= 15 is 0 Å². The fraction of sp³-hybridized carbons (Fsp3) is 0.333. The largest absolute Gasteiger partial charge is 0.497 e. The van der Waals surface area contributed by atoms with E-state index < -0.39 is 24.1 Å². The Hall–Kier alpha value is -2.75. The van der Waals surface area contributed by atoms with Crippen molar-refractivity contribution in [3.8, 4) is 5.75 Å². The number of ether oxygens (including phenoxy) is 1. The van der Waals surface area contributed by atoms with Crippen LogP contribution in [0.25, 0.3) is 10.9 Å². The van der Waals surface area contributed by atoms with Gasteiger partial charge in [0.25, 0.3) is 0 Å². The Morgan fingerprint density at radius 1 is 1.44 bits per heavy atom. The van der Waals surface area contributed by atoms with Crippen molar-refractivity contribution in [1.82, 2.24) is 10.0 Å². The van der Waals surface area contributed by atoms with Crippen LogP contribution in [0.15, 0.2) is 18.2 Å². The first-order chi connectivity index (χ1) is 11.8. The van der Waals surface area contributed by atoms with Crippen molar-refractivity contribution in [3.63, 3.8) is 0 Å². The van der Waals surface area contributed by atoms with Gasteiger partial charge in [-0.3, -0.25) is 4.79 Å². The number of nitrogens with two attached hydrogens (primary N) is 1. The van der Waals surface area contributed by atoms with Crippen LogP contribution in [0.5, 0.6) is 5.75 Å². The Bertz CT molecular complexity index is 846. The molecule has 0 saturated carbocycles. The van der Waals surface area contributed by atoms with Crippen LogP contribution in [-0.2, 0) is 16.1 Å². The van der Waals surface area contributed by atoms with Crippen LogP contribution in [0.4, 0.5) is 13.2 Å². The number of hydrogen-bond acceptors (Lipinski definition) is 5. The molecule has 0 bridgehead atoms. The second-order valence-corrected chi connectivity index (χ2v) is 5.49. The number of benzene rings is 1. The maximum Gasteiger partial charge on any atom is 0.493 e. The molecule has 1 atom stereocenters. The molecule has 25 heavy (non-hydrogen) atoms. The molecule has 0 radical (unpaired) electrons. The van der Waals surface area contributed by atoms with Gasteiger partial charge in [-0.25, -0.2) is 4.79 Å². The van der Waals surface area contributed by atoms with Gasteiger partial charge in [-0.15, -0.1) is 0 Å². The molecule has 2 aromatic rings. The van der Waals surface area contributed by atoms with Crippen molar-refractivity contribution in [3.05, 3.63) is 29.5 Å². The molecular formula is C15H14F3N3O4. The summed E-state index contributed by atoms with van der Waals surface area (Å²) in [6.45, 7) is -0.174. The van der Waals surface area contributed by atoms with Crippen LogP contribution in [0.2, 0.25) is 0 Å². The van der Waals surface area contributed by atoms with Gasteiger partial charge in [0, 0.05) is 23.9 Å². The number of carbonyl (C=O) groups excluding carboxylic acids is 2. The molecule has 1 aromatic carbocycles. The smallest absolute Gasteiger partial charge is 0.493 e. The zero-order chi connectivity index (χ0) is 18.4.